The Morgan fingerprint density at radius 1 is 1.13 bits per heavy atom. The van der Waals surface area contributed by atoms with Crippen LogP contribution in [-0.2, 0) is 9.53 Å². The molecule has 2 aromatic heterocycles. The van der Waals surface area contributed by atoms with E-state index in [0.717, 1.165) is 35.6 Å². The van der Waals surface area contributed by atoms with Crippen molar-refractivity contribution in [3.63, 3.8) is 0 Å². The van der Waals surface area contributed by atoms with Gasteiger partial charge in [0.15, 0.2) is 5.82 Å². The van der Waals surface area contributed by atoms with Gasteiger partial charge in [0.2, 0.25) is 11.8 Å². The van der Waals surface area contributed by atoms with Gasteiger partial charge in [-0.3, -0.25) is 9.78 Å². The summed E-state index contributed by atoms with van der Waals surface area (Å²) in [7, 11) is 0. The fraction of sp³-hybridized carbons (Fsp3) is 0.500. The van der Waals surface area contributed by atoms with Gasteiger partial charge in [0.1, 0.15) is 5.52 Å². The number of nitrogens with zero attached hydrogens (tertiary/aromatic N) is 5. The molecule has 0 radical (unpaired) electrons. The van der Waals surface area contributed by atoms with Crippen molar-refractivity contribution in [3.05, 3.63) is 42.7 Å². The molecule has 4 heterocycles. The molecule has 1 unspecified atom stereocenters. The second-order valence-electron chi connectivity index (χ2n) is 10.9. The summed E-state index contributed by atoms with van der Waals surface area (Å²) in [5.41, 5.74) is 3.92. The van der Waals surface area contributed by atoms with Crippen LogP contribution in [0, 0.1) is 5.92 Å². The SMILES string of the molecule is CC1(CNc2nc(-c3ccc(N4CCN(C(=O)C5CC(F)(F)C5)CC4)cc3)cc3nccnc23)CNCCO1. The molecule has 1 aliphatic carbocycles. The number of hydrogen-bond acceptors (Lipinski definition) is 8. The predicted octanol–water partition coefficient (Wildman–Crippen LogP) is 3.18. The molecule has 2 aliphatic heterocycles. The van der Waals surface area contributed by atoms with E-state index in [9.17, 15) is 13.6 Å². The fourth-order valence-corrected chi connectivity index (χ4v) is 5.52. The molecule has 0 spiro atoms. The third-order valence-corrected chi connectivity index (χ3v) is 7.87. The van der Waals surface area contributed by atoms with Crippen molar-refractivity contribution in [2.45, 2.75) is 31.3 Å². The van der Waals surface area contributed by atoms with Gasteiger partial charge in [0.25, 0.3) is 0 Å². The van der Waals surface area contributed by atoms with E-state index in [1.807, 2.05) is 18.2 Å². The molecule has 9 nitrogen and oxygen atoms in total. The summed E-state index contributed by atoms with van der Waals surface area (Å²) in [6.45, 7) is 7.35. The zero-order valence-electron chi connectivity index (χ0n) is 22.0. The number of nitrogens with one attached hydrogen (secondary N) is 2. The molecule has 2 saturated heterocycles. The number of halogens is 2. The predicted molar refractivity (Wildman–Crippen MR) is 145 cm³/mol. The largest absolute Gasteiger partial charge is 0.371 e. The molecule has 206 valence electrons. The number of benzene rings is 1. The minimum Gasteiger partial charge on any atom is -0.371 e. The van der Waals surface area contributed by atoms with Gasteiger partial charge in [0.05, 0.1) is 23.4 Å². The molecule has 1 amide bonds. The Bertz CT molecular complexity index is 1330. The van der Waals surface area contributed by atoms with E-state index in [0.29, 0.717) is 50.7 Å². The molecule has 11 heteroatoms. The lowest BCUT2D eigenvalue weighted by Crippen LogP contribution is -2.53. The number of aromatic nitrogens is 3. The van der Waals surface area contributed by atoms with Crippen LogP contribution in [0.25, 0.3) is 22.3 Å². The van der Waals surface area contributed by atoms with Gasteiger partial charge < -0.3 is 25.2 Å². The number of hydrogen-bond donors (Lipinski definition) is 2. The van der Waals surface area contributed by atoms with Crippen molar-refractivity contribution in [2.24, 2.45) is 5.92 Å². The number of rotatable bonds is 6. The van der Waals surface area contributed by atoms with Crippen LogP contribution < -0.4 is 15.5 Å². The highest BCUT2D eigenvalue weighted by molar-refractivity contribution is 5.88. The van der Waals surface area contributed by atoms with Gasteiger partial charge in [-0.25, -0.2) is 18.7 Å². The van der Waals surface area contributed by atoms with Crippen molar-refractivity contribution < 1.29 is 18.3 Å². The quantitative estimate of drug-likeness (QED) is 0.495. The van der Waals surface area contributed by atoms with Gasteiger partial charge in [-0.15, -0.1) is 0 Å². The van der Waals surface area contributed by atoms with E-state index < -0.39 is 11.8 Å². The number of amides is 1. The van der Waals surface area contributed by atoms with Crippen LogP contribution in [0.1, 0.15) is 19.8 Å². The maximum absolute atomic E-state index is 13.2. The van der Waals surface area contributed by atoms with E-state index in [-0.39, 0.29) is 24.3 Å². The number of piperazine rings is 1. The molecular weight excluding hydrogens is 504 g/mol. The lowest BCUT2D eigenvalue weighted by molar-refractivity contribution is -0.160. The first kappa shape index (κ1) is 25.8. The van der Waals surface area contributed by atoms with Crippen LogP contribution in [-0.4, -0.2) is 89.7 Å². The number of carbonyl (C=O) groups is 1. The summed E-state index contributed by atoms with van der Waals surface area (Å²) >= 11 is 0. The average Bonchev–Trinajstić information content (AvgIpc) is 2.95. The highest BCUT2D eigenvalue weighted by Gasteiger charge is 2.49. The van der Waals surface area contributed by atoms with Crippen LogP contribution >= 0.6 is 0 Å². The first-order valence-corrected chi connectivity index (χ1v) is 13.5. The molecule has 1 aromatic carbocycles. The van der Waals surface area contributed by atoms with Gasteiger partial charge in [0, 0.05) is 88.2 Å². The van der Waals surface area contributed by atoms with E-state index in [2.05, 4.69) is 44.6 Å². The summed E-state index contributed by atoms with van der Waals surface area (Å²) in [6, 6.07) is 10.1. The van der Waals surface area contributed by atoms with E-state index in [4.69, 9.17) is 9.72 Å². The first-order valence-electron chi connectivity index (χ1n) is 13.5. The summed E-state index contributed by atoms with van der Waals surface area (Å²) in [5, 5.41) is 6.82. The zero-order chi connectivity index (χ0) is 27.0. The fourth-order valence-electron chi connectivity index (χ4n) is 5.52. The van der Waals surface area contributed by atoms with Gasteiger partial charge >= 0.3 is 0 Å². The standard InChI is InChI=1S/C28H33F2N7O2/c1-27(17-31-8-13-39-27)18-34-25-24-23(32-6-7-33-24)14-22(35-25)19-2-4-21(5-3-19)36-9-11-37(12-10-36)26(38)20-15-28(29,30)16-20/h2-7,14,20,31H,8-13,15-18H2,1H3,(H,34,35). The Labute approximate surface area is 226 Å². The Morgan fingerprint density at radius 2 is 1.87 bits per heavy atom. The van der Waals surface area contributed by atoms with Gasteiger partial charge in [-0.1, -0.05) is 12.1 Å². The Balaban J connectivity index is 1.14. The van der Waals surface area contributed by atoms with Crippen LogP contribution in [0.2, 0.25) is 0 Å². The van der Waals surface area contributed by atoms with Gasteiger partial charge in [-0.2, -0.15) is 0 Å². The Morgan fingerprint density at radius 3 is 2.56 bits per heavy atom. The molecule has 1 atom stereocenters. The normalized spacial score (nSPS) is 23.5. The number of fused-ring (bicyclic) bond motifs is 1. The minimum atomic E-state index is -2.67. The maximum Gasteiger partial charge on any atom is 0.249 e. The zero-order valence-corrected chi connectivity index (χ0v) is 22.0. The highest BCUT2D eigenvalue weighted by Crippen LogP contribution is 2.43. The number of pyridine rings is 1. The lowest BCUT2D eigenvalue weighted by Gasteiger charge is -2.41. The summed E-state index contributed by atoms with van der Waals surface area (Å²) in [6.07, 6.45) is 2.71. The molecule has 6 rings (SSSR count). The van der Waals surface area contributed by atoms with Crippen molar-refractivity contribution in [3.8, 4) is 11.3 Å². The van der Waals surface area contributed by atoms with Crippen LogP contribution in [0.3, 0.4) is 0 Å². The number of ether oxygens (including phenoxy) is 1. The molecular formula is C28H33F2N7O2. The molecule has 39 heavy (non-hydrogen) atoms. The van der Waals surface area contributed by atoms with Crippen molar-refractivity contribution in [1.29, 1.82) is 0 Å². The molecule has 3 fully saturated rings. The summed E-state index contributed by atoms with van der Waals surface area (Å²) < 4.78 is 32.4. The monoisotopic (exact) mass is 537 g/mol. The number of anilines is 2. The molecule has 0 bridgehead atoms. The molecule has 2 N–H and O–H groups in total. The van der Waals surface area contributed by atoms with Crippen molar-refractivity contribution in [1.82, 2.24) is 25.2 Å². The minimum absolute atomic E-state index is 0.133. The number of alkyl halides is 2. The number of morpholine rings is 1. The number of carbonyl (C=O) groups excluding carboxylic acids is 1. The molecule has 3 aliphatic rings. The second-order valence-corrected chi connectivity index (χ2v) is 10.9. The molecule has 3 aromatic rings. The second kappa shape index (κ2) is 10.3. The summed E-state index contributed by atoms with van der Waals surface area (Å²) in [4.78, 5) is 30.4. The van der Waals surface area contributed by atoms with Crippen LogP contribution in [0.5, 0.6) is 0 Å². The molecule has 1 saturated carbocycles. The van der Waals surface area contributed by atoms with Crippen molar-refractivity contribution >= 4 is 28.4 Å². The Hall–Kier alpha value is -3.44. The van der Waals surface area contributed by atoms with E-state index in [1.54, 1.807) is 17.3 Å². The smallest absolute Gasteiger partial charge is 0.249 e. The Kier molecular flexibility index (Phi) is 6.80. The topological polar surface area (TPSA) is 95.5 Å². The summed E-state index contributed by atoms with van der Waals surface area (Å²) in [5.74, 6) is -2.67. The van der Waals surface area contributed by atoms with Crippen LogP contribution in [0.15, 0.2) is 42.7 Å². The highest BCUT2D eigenvalue weighted by atomic mass is 19.3. The first-order chi connectivity index (χ1) is 18.8. The third-order valence-electron chi connectivity index (χ3n) is 7.87. The van der Waals surface area contributed by atoms with Crippen LogP contribution in [0.4, 0.5) is 20.3 Å². The van der Waals surface area contributed by atoms with Crippen molar-refractivity contribution in [2.75, 3.05) is 62.6 Å². The van der Waals surface area contributed by atoms with E-state index in [1.165, 1.54) is 0 Å². The van der Waals surface area contributed by atoms with Gasteiger partial charge in [-0.05, 0) is 25.1 Å². The third kappa shape index (κ3) is 5.51. The average molecular weight is 538 g/mol. The maximum atomic E-state index is 13.2. The van der Waals surface area contributed by atoms with E-state index >= 15 is 0 Å². The lowest BCUT2D eigenvalue weighted by atomic mass is 9.80.